The second kappa shape index (κ2) is 21.8. The lowest BCUT2D eigenvalue weighted by Gasteiger charge is -2.33. The maximum Gasteiger partial charge on any atom is 0.326 e. The van der Waals surface area contributed by atoms with E-state index in [-0.39, 0.29) is 51.6 Å². The molecular weight excluding hydrogens is 710 g/mol. The van der Waals surface area contributed by atoms with E-state index >= 15 is 0 Å². The van der Waals surface area contributed by atoms with Crippen molar-refractivity contribution in [1.82, 2.24) is 31.1 Å². The SMILES string of the molecule is CC(C)[C@H](NC(=O)[C@@H]1CCCN1C(=O)[C@H](N)CCC(=O)O)C(=O)N1CCC[C@H]1C(=O)N[C@@H](CCC(N)=O)C(=O)N[C@@H](C)C(=O)N[C@@H](CCCCN)C(=O)O. The zero-order chi connectivity index (χ0) is 40.7. The molecule has 0 aromatic carbocycles. The van der Waals surface area contributed by atoms with Gasteiger partial charge in [0.1, 0.15) is 36.3 Å². The number of carbonyl (C=O) groups is 9. The van der Waals surface area contributed by atoms with Crippen molar-refractivity contribution < 1.29 is 53.4 Å². The maximum atomic E-state index is 13.9. The van der Waals surface area contributed by atoms with Crippen LogP contribution in [0.5, 0.6) is 0 Å². The normalized spacial score (nSPS) is 19.6. The Bertz CT molecular complexity index is 1390. The largest absolute Gasteiger partial charge is 0.481 e. The van der Waals surface area contributed by atoms with Gasteiger partial charge in [-0.3, -0.25) is 38.4 Å². The van der Waals surface area contributed by atoms with Crippen molar-refractivity contribution in [3.8, 4) is 0 Å². The molecule has 54 heavy (non-hydrogen) atoms. The zero-order valence-corrected chi connectivity index (χ0v) is 31.2. The third kappa shape index (κ3) is 13.5. The summed E-state index contributed by atoms with van der Waals surface area (Å²) in [5, 5.41) is 28.6. The Morgan fingerprint density at radius 3 is 1.80 bits per heavy atom. The molecular formula is C34H57N9O11. The molecule has 7 amide bonds. The Hall–Kier alpha value is -4.85. The number of carbonyl (C=O) groups excluding carboxylic acids is 7. The van der Waals surface area contributed by atoms with E-state index in [0.29, 0.717) is 38.6 Å². The van der Waals surface area contributed by atoms with Gasteiger partial charge in [0.05, 0.1) is 6.04 Å². The summed E-state index contributed by atoms with van der Waals surface area (Å²) in [7, 11) is 0. The predicted molar refractivity (Wildman–Crippen MR) is 192 cm³/mol. The quantitative estimate of drug-likeness (QED) is 0.0506. The van der Waals surface area contributed by atoms with Gasteiger partial charge in [-0.05, 0) is 77.2 Å². The Balaban J connectivity index is 2.14. The molecule has 20 nitrogen and oxygen atoms in total. The Kier molecular flexibility index (Phi) is 18.3. The minimum Gasteiger partial charge on any atom is -0.481 e. The minimum absolute atomic E-state index is 0.104. The molecule has 304 valence electrons. The van der Waals surface area contributed by atoms with Crippen LogP contribution in [0.25, 0.3) is 0 Å². The highest BCUT2D eigenvalue weighted by atomic mass is 16.4. The van der Waals surface area contributed by atoms with Crippen molar-refractivity contribution in [2.24, 2.45) is 23.1 Å². The summed E-state index contributed by atoms with van der Waals surface area (Å²) in [5.74, 6) is -7.64. The molecule has 0 aromatic heterocycles. The first-order valence-electron chi connectivity index (χ1n) is 18.4. The molecule has 7 atom stereocenters. The van der Waals surface area contributed by atoms with Crippen LogP contribution in [0.1, 0.15) is 91.4 Å². The lowest BCUT2D eigenvalue weighted by atomic mass is 10.0. The van der Waals surface area contributed by atoms with Gasteiger partial charge < -0.3 is 58.5 Å². The summed E-state index contributed by atoms with van der Waals surface area (Å²) in [5.41, 5.74) is 16.7. The highest BCUT2D eigenvalue weighted by Crippen LogP contribution is 2.23. The van der Waals surface area contributed by atoms with Gasteiger partial charge in [-0.1, -0.05) is 13.8 Å². The van der Waals surface area contributed by atoms with Gasteiger partial charge in [-0.25, -0.2) is 4.79 Å². The fourth-order valence-corrected chi connectivity index (χ4v) is 6.41. The first kappa shape index (κ1) is 45.3. The van der Waals surface area contributed by atoms with Crippen molar-refractivity contribution in [2.45, 2.75) is 134 Å². The second-order valence-electron chi connectivity index (χ2n) is 14.1. The molecule has 20 heteroatoms. The predicted octanol–water partition coefficient (Wildman–Crippen LogP) is -2.75. The Morgan fingerprint density at radius 1 is 0.704 bits per heavy atom. The number of carboxylic acids is 2. The lowest BCUT2D eigenvalue weighted by molar-refractivity contribution is -0.145. The van der Waals surface area contributed by atoms with E-state index < -0.39 is 101 Å². The topological polar surface area (TPSA) is 327 Å². The number of nitrogens with one attached hydrogen (secondary N) is 4. The van der Waals surface area contributed by atoms with Crippen LogP contribution in [0.2, 0.25) is 0 Å². The van der Waals surface area contributed by atoms with Crippen molar-refractivity contribution >= 4 is 53.3 Å². The smallest absolute Gasteiger partial charge is 0.326 e. The summed E-state index contributed by atoms with van der Waals surface area (Å²) in [6, 6.07) is -7.99. The van der Waals surface area contributed by atoms with E-state index in [9.17, 15) is 48.3 Å². The van der Waals surface area contributed by atoms with Gasteiger partial charge in [0.2, 0.25) is 41.4 Å². The Morgan fingerprint density at radius 2 is 1.28 bits per heavy atom. The van der Waals surface area contributed by atoms with Crippen LogP contribution >= 0.6 is 0 Å². The van der Waals surface area contributed by atoms with Crippen molar-refractivity contribution in [1.29, 1.82) is 0 Å². The summed E-state index contributed by atoms with van der Waals surface area (Å²) >= 11 is 0. The summed E-state index contributed by atoms with van der Waals surface area (Å²) in [4.78, 5) is 117. The first-order valence-corrected chi connectivity index (χ1v) is 18.4. The van der Waals surface area contributed by atoms with Crippen LogP contribution in [0.3, 0.4) is 0 Å². The molecule has 2 heterocycles. The summed E-state index contributed by atoms with van der Waals surface area (Å²) in [6.07, 6.45) is 1.62. The Labute approximate surface area is 314 Å². The number of amides is 7. The van der Waals surface area contributed by atoms with Crippen LogP contribution in [0.4, 0.5) is 0 Å². The number of unbranched alkanes of at least 4 members (excludes halogenated alkanes) is 1. The number of hydrogen-bond acceptors (Lipinski definition) is 11. The van der Waals surface area contributed by atoms with E-state index in [1.807, 2.05) is 0 Å². The average Bonchev–Trinajstić information content (AvgIpc) is 3.80. The van der Waals surface area contributed by atoms with E-state index in [4.69, 9.17) is 22.3 Å². The van der Waals surface area contributed by atoms with Crippen LogP contribution in [-0.4, -0.2) is 135 Å². The molecule has 0 radical (unpaired) electrons. The average molecular weight is 768 g/mol. The molecule has 0 saturated carbocycles. The fourth-order valence-electron chi connectivity index (χ4n) is 6.41. The van der Waals surface area contributed by atoms with Gasteiger partial charge in [0.25, 0.3) is 0 Å². The van der Waals surface area contributed by atoms with Crippen molar-refractivity contribution in [3.63, 3.8) is 0 Å². The summed E-state index contributed by atoms with van der Waals surface area (Å²) in [6.45, 7) is 5.48. The highest BCUT2D eigenvalue weighted by molar-refractivity contribution is 5.97. The number of likely N-dealkylation sites (tertiary alicyclic amines) is 2. The van der Waals surface area contributed by atoms with Crippen LogP contribution in [0.15, 0.2) is 0 Å². The van der Waals surface area contributed by atoms with Gasteiger partial charge in [-0.2, -0.15) is 0 Å². The molecule has 2 saturated heterocycles. The molecule has 2 rings (SSSR count). The van der Waals surface area contributed by atoms with Crippen molar-refractivity contribution in [3.05, 3.63) is 0 Å². The molecule has 12 N–H and O–H groups in total. The fraction of sp³-hybridized carbons (Fsp3) is 0.735. The third-order valence-electron chi connectivity index (χ3n) is 9.52. The number of rotatable bonds is 22. The number of nitrogens with two attached hydrogens (primary N) is 3. The van der Waals surface area contributed by atoms with Crippen LogP contribution in [0, 0.1) is 5.92 Å². The molecule has 2 aliphatic heterocycles. The third-order valence-corrected chi connectivity index (χ3v) is 9.52. The molecule has 0 aliphatic carbocycles. The van der Waals surface area contributed by atoms with E-state index in [0.717, 1.165) is 0 Å². The van der Waals surface area contributed by atoms with Crippen molar-refractivity contribution in [2.75, 3.05) is 19.6 Å². The number of aliphatic carboxylic acids is 2. The van der Waals surface area contributed by atoms with E-state index in [1.165, 1.54) is 16.7 Å². The van der Waals surface area contributed by atoms with Crippen LogP contribution < -0.4 is 38.5 Å². The number of hydrogen-bond donors (Lipinski definition) is 9. The molecule has 2 fully saturated rings. The van der Waals surface area contributed by atoms with Gasteiger partial charge >= 0.3 is 11.9 Å². The molecule has 0 unspecified atom stereocenters. The number of nitrogens with zero attached hydrogens (tertiary/aromatic N) is 2. The molecule has 0 spiro atoms. The zero-order valence-electron chi connectivity index (χ0n) is 31.2. The highest BCUT2D eigenvalue weighted by Gasteiger charge is 2.42. The van der Waals surface area contributed by atoms with Gasteiger partial charge in [-0.15, -0.1) is 0 Å². The first-order chi connectivity index (χ1) is 25.4. The summed E-state index contributed by atoms with van der Waals surface area (Å²) < 4.78 is 0. The number of primary amides is 1. The maximum absolute atomic E-state index is 13.9. The minimum atomic E-state index is -1.36. The molecule has 0 bridgehead atoms. The van der Waals surface area contributed by atoms with Crippen LogP contribution in [-0.2, 0) is 43.2 Å². The van der Waals surface area contributed by atoms with E-state index in [2.05, 4.69) is 21.3 Å². The van der Waals surface area contributed by atoms with Gasteiger partial charge in [0.15, 0.2) is 0 Å². The molecule has 2 aliphatic rings. The van der Waals surface area contributed by atoms with Gasteiger partial charge in [0, 0.05) is 25.9 Å². The van der Waals surface area contributed by atoms with E-state index in [1.54, 1.807) is 13.8 Å². The molecule has 0 aromatic rings. The standard InChI is InChI=1S/C34H57N9O11/c1-18(2)27(41-31(50)24-10-6-16-42(24)32(51)20(36)11-14-26(45)46)33(52)43-17-7-9-23(43)30(49)39-21(12-13-25(37)44)29(48)38-19(3)28(47)40-22(34(53)54)8-4-5-15-35/h18-24,27H,4-17,35-36H2,1-3H3,(H2,37,44)(H,38,48)(H,39,49)(H,40,47)(H,41,50)(H,45,46)(H,53,54)/t19-,20+,21-,22-,23-,24-,27-/m0/s1. The number of carboxylic acid groups (broad SMARTS) is 2. The lowest BCUT2D eigenvalue weighted by Crippen LogP contribution is -2.60. The monoisotopic (exact) mass is 767 g/mol. The second-order valence-corrected chi connectivity index (χ2v) is 14.1.